The maximum Gasteiger partial charge on any atom is 0.131 e. The number of hydrogen-bond acceptors (Lipinski definition) is 6. The minimum Gasteiger partial charge on any atom is -0.497 e. The van der Waals surface area contributed by atoms with Gasteiger partial charge in [-0.25, -0.2) is 9.97 Å². The maximum atomic E-state index is 5.90. The summed E-state index contributed by atoms with van der Waals surface area (Å²) in [4.78, 5) is 8.48. The van der Waals surface area contributed by atoms with Gasteiger partial charge in [0.2, 0.25) is 0 Å². The van der Waals surface area contributed by atoms with E-state index >= 15 is 0 Å². The fourth-order valence-electron chi connectivity index (χ4n) is 2.56. The Kier molecular flexibility index (Phi) is 7.32. The Bertz CT molecular complexity index is 857. The van der Waals surface area contributed by atoms with E-state index in [4.69, 9.17) is 21.1 Å². The maximum absolute atomic E-state index is 5.90. The number of benzene rings is 2. The standard InChI is InChI=1S/C21H23ClN4O2/c1-27-18-6-8-19(9-7-18)28-13-12-24-21-14-20(25-15-26-21)23-11-10-16-2-4-17(22)5-3-16/h2-9,14-15H,10-13H2,1H3,(H2,23,24,25,26). The predicted molar refractivity (Wildman–Crippen MR) is 113 cm³/mol. The van der Waals surface area contributed by atoms with Crippen molar-refractivity contribution in [3.63, 3.8) is 0 Å². The number of hydrogen-bond donors (Lipinski definition) is 2. The Morgan fingerprint density at radius 2 is 1.50 bits per heavy atom. The van der Waals surface area contributed by atoms with Gasteiger partial charge in [0.1, 0.15) is 36.1 Å². The first-order valence-corrected chi connectivity index (χ1v) is 9.42. The second-order valence-electron chi connectivity index (χ2n) is 6.04. The molecule has 0 atom stereocenters. The SMILES string of the molecule is COc1ccc(OCCNc2cc(NCCc3ccc(Cl)cc3)ncn2)cc1. The van der Waals surface area contributed by atoms with Gasteiger partial charge in [0.15, 0.2) is 0 Å². The fourth-order valence-corrected chi connectivity index (χ4v) is 2.68. The van der Waals surface area contributed by atoms with Gasteiger partial charge in [0.25, 0.3) is 0 Å². The molecule has 1 heterocycles. The van der Waals surface area contributed by atoms with Crippen LogP contribution in [0.1, 0.15) is 5.56 Å². The summed E-state index contributed by atoms with van der Waals surface area (Å²) in [5.41, 5.74) is 1.22. The molecule has 0 aliphatic heterocycles. The first-order valence-electron chi connectivity index (χ1n) is 9.04. The number of rotatable bonds is 10. The summed E-state index contributed by atoms with van der Waals surface area (Å²) in [6.07, 6.45) is 2.43. The molecule has 0 amide bonds. The van der Waals surface area contributed by atoms with Gasteiger partial charge in [0.05, 0.1) is 13.7 Å². The molecule has 0 unspecified atom stereocenters. The van der Waals surface area contributed by atoms with E-state index in [1.165, 1.54) is 11.9 Å². The highest BCUT2D eigenvalue weighted by atomic mass is 35.5. The Labute approximate surface area is 169 Å². The molecule has 7 heteroatoms. The molecule has 0 aliphatic rings. The molecule has 0 aliphatic carbocycles. The second kappa shape index (κ2) is 10.4. The average Bonchev–Trinajstić information content (AvgIpc) is 2.73. The molecule has 0 bridgehead atoms. The van der Waals surface area contributed by atoms with Gasteiger partial charge in [-0.2, -0.15) is 0 Å². The zero-order valence-corrected chi connectivity index (χ0v) is 16.4. The lowest BCUT2D eigenvalue weighted by molar-refractivity contribution is 0.331. The highest BCUT2D eigenvalue weighted by molar-refractivity contribution is 6.30. The van der Waals surface area contributed by atoms with Crippen molar-refractivity contribution >= 4 is 23.2 Å². The first kappa shape index (κ1) is 19.8. The van der Waals surface area contributed by atoms with E-state index in [1.54, 1.807) is 7.11 Å². The number of halogens is 1. The molecule has 0 fully saturated rings. The van der Waals surface area contributed by atoms with Gasteiger partial charge in [-0.05, 0) is 48.4 Å². The number of anilines is 2. The molecule has 3 rings (SSSR count). The number of nitrogens with one attached hydrogen (secondary N) is 2. The van der Waals surface area contributed by atoms with Crippen molar-refractivity contribution in [3.8, 4) is 11.5 Å². The summed E-state index contributed by atoms with van der Waals surface area (Å²) < 4.78 is 10.8. The summed E-state index contributed by atoms with van der Waals surface area (Å²) in [5, 5.41) is 7.29. The third-order valence-electron chi connectivity index (χ3n) is 4.04. The van der Waals surface area contributed by atoms with E-state index in [0.717, 1.165) is 41.1 Å². The number of methoxy groups -OCH3 is 1. The summed E-state index contributed by atoms with van der Waals surface area (Å²) in [6, 6.07) is 17.2. The van der Waals surface area contributed by atoms with Gasteiger partial charge in [0, 0.05) is 17.6 Å². The first-order chi connectivity index (χ1) is 13.7. The van der Waals surface area contributed by atoms with Crippen LogP contribution in [-0.2, 0) is 6.42 Å². The van der Waals surface area contributed by atoms with Crippen LogP contribution in [0.3, 0.4) is 0 Å². The van der Waals surface area contributed by atoms with E-state index in [9.17, 15) is 0 Å². The highest BCUT2D eigenvalue weighted by Gasteiger charge is 2.00. The zero-order chi connectivity index (χ0) is 19.6. The lowest BCUT2D eigenvalue weighted by atomic mass is 10.1. The molecule has 6 nitrogen and oxygen atoms in total. The van der Waals surface area contributed by atoms with E-state index < -0.39 is 0 Å². The van der Waals surface area contributed by atoms with Crippen LogP contribution in [0.5, 0.6) is 11.5 Å². The largest absolute Gasteiger partial charge is 0.497 e. The van der Waals surface area contributed by atoms with Crippen molar-refractivity contribution in [3.05, 3.63) is 71.5 Å². The van der Waals surface area contributed by atoms with Crippen LogP contribution >= 0.6 is 11.6 Å². The normalized spacial score (nSPS) is 10.4. The summed E-state index contributed by atoms with van der Waals surface area (Å²) in [7, 11) is 1.64. The smallest absolute Gasteiger partial charge is 0.131 e. The monoisotopic (exact) mass is 398 g/mol. The Morgan fingerprint density at radius 1 is 0.857 bits per heavy atom. The quantitative estimate of drug-likeness (QED) is 0.497. The Balaban J connectivity index is 1.39. The molecule has 0 saturated heterocycles. The molecule has 0 spiro atoms. The van der Waals surface area contributed by atoms with Crippen LogP contribution in [0.15, 0.2) is 60.9 Å². The van der Waals surface area contributed by atoms with Crippen LogP contribution in [0.2, 0.25) is 5.02 Å². The van der Waals surface area contributed by atoms with E-state index in [2.05, 4.69) is 20.6 Å². The molecule has 1 aromatic heterocycles. The molecule has 0 saturated carbocycles. The molecule has 3 aromatic rings. The van der Waals surface area contributed by atoms with Gasteiger partial charge in [-0.15, -0.1) is 0 Å². The van der Waals surface area contributed by atoms with Crippen LogP contribution in [0, 0.1) is 0 Å². The van der Waals surface area contributed by atoms with E-state index in [-0.39, 0.29) is 0 Å². The van der Waals surface area contributed by atoms with Crippen molar-refractivity contribution in [2.24, 2.45) is 0 Å². The van der Waals surface area contributed by atoms with Crippen LogP contribution < -0.4 is 20.1 Å². The Morgan fingerprint density at radius 3 is 2.18 bits per heavy atom. The van der Waals surface area contributed by atoms with E-state index in [0.29, 0.717) is 13.2 Å². The van der Waals surface area contributed by atoms with Crippen LogP contribution in [-0.4, -0.2) is 36.8 Å². The summed E-state index contributed by atoms with van der Waals surface area (Å²) in [5.74, 6) is 3.14. The minimum absolute atomic E-state index is 0.523. The van der Waals surface area contributed by atoms with Gasteiger partial charge in [-0.1, -0.05) is 23.7 Å². The number of ether oxygens (including phenoxy) is 2. The molecule has 0 radical (unpaired) electrons. The minimum atomic E-state index is 0.523. The molecular weight excluding hydrogens is 376 g/mol. The zero-order valence-electron chi connectivity index (χ0n) is 15.7. The lowest BCUT2D eigenvalue weighted by Gasteiger charge is -2.10. The van der Waals surface area contributed by atoms with Crippen LogP contribution in [0.4, 0.5) is 11.6 Å². The topological polar surface area (TPSA) is 68.3 Å². The van der Waals surface area contributed by atoms with E-state index in [1.807, 2.05) is 54.6 Å². The van der Waals surface area contributed by atoms with Crippen molar-refractivity contribution < 1.29 is 9.47 Å². The third-order valence-corrected chi connectivity index (χ3v) is 4.29. The van der Waals surface area contributed by atoms with Crippen molar-refractivity contribution in [1.82, 2.24) is 9.97 Å². The Hall–Kier alpha value is -2.99. The molecule has 2 aromatic carbocycles. The number of aromatic nitrogens is 2. The highest BCUT2D eigenvalue weighted by Crippen LogP contribution is 2.17. The molecule has 28 heavy (non-hydrogen) atoms. The average molecular weight is 399 g/mol. The number of nitrogens with zero attached hydrogens (tertiary/aromatic N) is 2. The van der Waals surface area contributed by atoms with Crippen molar-refractivity contribution in [2.45, 2.75) is 6.42 Å². The van der Waals surface area contributed by atoms with Crippen LogP contribution in [0.25, 0.3) is 0 Å². The van der Waals surface area contributed by atoms with Crippen molar-refractivity contribution in [1.29, 1.82) is 0 Å². The van der Waals surface area contributed by atoms with Crippen molar-refractivity contribution in [2.75, 3.05) is 37.4 Å². The summed E-state index contributed by atoms with van der Waals surface area (Å²) in [6.45, 7) is 1.93. The fraction of sp³-hybridized carbons (Fsp3) is 0.238. The lowest BCUT2D eigenvalue weighted by Crippen LogP contribution is -2.13. The van der Waals surface area contributed by atoms with Gasteiger partial charge >= 0.3 is 0 Å². The van der Waals surface area contributed by atoms with Gasteiger partial charge in [-0.3, -0.25) is 0 Å². The van der Waals surface area contributed by atoms with Gasteiger partial charge < -0.3 is 20.1 Å². The summed E-state index contributed by atoms with van der Waals surface area (Å²) >= 11 is 5.90. The molecular formula is C21H23ClN4O2. The third kappa shape index (κ3) is 6.32. The molecule has 146 valence electrons. The predicted octanol–water partition coefficient (Wildman–Crippen LogP) is 4.28. The second-order valence-corrected chi connectivity index (χ2v) is 6.48. The molecule has 2 N–H and O–H groups in total.